The number of aliphatic hydroxyl groups excluding tert-OH is 2. The van der Waals surface area contributed by atoms with Gasteiger partial charge in [-0.1, -0.05) is 19.9 Å². The molecule has 0 aromatic carbocycles. The fourth-order valence-electron chi connectivity index (χ4n) is 6.67. The number of allylic oxidation sites excluding steroid dienone is 4. The molecule has 4 nitrogen and oxygen atoms in total. The van der Waals surface area contributed by atoms with E-state index >= 15 is 0 Å². The van der Waals surface area contributed by atoms with Gasteiger partial charge in [0.1, 0.15) is 5.76 Å². The average Bonchev–Trinajstić information content (AvgIpc) is 2.82. The Balaban J connectivity index is 1.69. The Morgan fingerprint density at radius 2 is 2.04 bits per heavy atom. The summed E-state index contributed by atoms with van der Waals surface area (Å²) in [5.74, 6) is 1.64. The second-order valence-electron chi connectivity index (χ2n) is 9.18. The van der Waals surface area contributed by atoms with Crippen molar-refractivity contribution >= 4 is 5.97 Å². The molecule has 4 rings (SSSR count). The molecule has 2 saturated carbocycles. The molecule has 0 saturated heterocycles. The van der Waals surface area contributed by atoms with E-state index in [-0.39, 0.29) is 34.9 Å². The lowest BCUT2D eigenvalue weighted by atomic mass is 9.48. The molecule has 5 unspecified atom stereocenters. The van der Waals surface area contributed by atoms with Crippen molar-refractivity contribution in [3.8, 4) is 0 Å². The molecule has 0 aliphatic heterocycles. The van der Waals surface area contributed by atoms with E-state index in [1.807, 2.05) is 6.08 Å². The summed E-state index contributed by atoms with van der Waals surface area (Å²) >= 11 is 0. The second-order valence-corrected chi connectivity index (χ2v) is 9.18. The van der Waals surface area contributed by atoms with E-state index in [0.717, 1.165) is 37.9 Å². The standard InChI is InChI=1S/C21H30O4/c1-12(22)25-14-8-9-20(2)13(10-14)4-5-15-16-6-7-18(24)21(16,3)11-17(23)19(15)20/h4,10,15-19,23-24H,5-9,11H2,1-3H3/t15?,16?,17-,18-,19?,20?,21?/m1/s1. The third-order valence-electron chi connectivity index (χ3n) is 7.89. The molecule has 2 N–H and O–H groups in total. The summed E-state index contributed by atoms with van der Waals surface area (Å²) in [5.41, 5.74) is 1.01. The Morgan fingerprint density at radius 3 is 2.76 bits per heavy atom. The van der Waals surface area contributed by atoms with Crippen LogP contribution in [0, 0.1) is 28.6 Å². The van der Waals surface area contributed by atoms with Gasteiger partial charge < -0.3 is 14.9 Å². The predicted molar refractivity (Wildman–Crippen MR) is 94.3 cm³/mol. The summed E-state index contributed by atoms with van der Waals surface area (Å²) in [5, 5.41) is 21.6. The summed E-state index contributed by atoms with van der Waals surface area (Å²) < 4.78 is 5.33. The fraction of sp³-hybridized carbons (Fsp3) is 0.762. The minimum atomic E-state index is -0.378. The number of carbonyl (C=O) groups is 1. The minimum Gasteiger partial charge on any atom is -0.431 e. The van der Waals surface area contributed by atoms with Crippen molar-refractivity contribution in [2.45, 2.75) is 71.5 Å². The number of rotatable bonds is 1. The van der Waals surface area contributed by atoms with Crippen molar-refractivity contribution < 1.29 is 19.7 Å². The van der Waals surface area contributed by atoms with Gasteiger partial charge >= 0.3 is 5.97 Å². The van der Waals surface area contributed by atoms with Crippen molar-refractivity contribution in [3.05, 3.63) is 23.5 Å². The molecule has 0 amide bonds. The van der Waals surface area contributed by atoms with Crippen LogP contribution < -0.4 is 0 Å². The maximum atomic E-state index is 11.3. The van der Waals surface area contributed by atoms with Gasteiger partial charge in [0.15, 0.2) is 0 Å². The fourth-order valence-corrected chi connectivity index (χ4v) is 6.67. The number of aliphatic hydroxyl groups is 2. The molecule has 0 bridgehead atoms. The highest BCUT2D eigenvalue weighted by Crippen LogP contribution is 2.64. The summed E-state index contributed by atoms with van der Waals surface area (Å²) in [6, 6.07) is 0. The predicted octanol–water partition coefficient (Wildman–Crippen LogP) is 3.34. The highest BCUT2D eigenvalue weighted by molar-refractivity contribution is 5.67. The van der Waals surface area contributed by atoms with Gasteiger partial charge in [0.25, 0.3) is 0 Å². The van der Waals surface area contributed by atoms with Crippen molar-refractivity contribution in [1.29, 1.82) is 0 Å². The van der Waals surface area contributed by atoms with Crippen LogP contribution in [0.5, 0.6) is 0 Å². The smallest absolute Gasteiger partial charge is 0.307 e. The molecule has 4 aliphatic rings. The monoisotopic (exact) mass is 346 g/mol. The van der Waals surface area contributed by atoms with E-state index in [9.17, 15) is 15.0 Å². The lowest BCUT2D eigenvalue weighted by Gasteiger charge is -2.58. The van der Waals surface area contributed by atoms with Crippen molar-refractivity contribution in [2.75, 3.05) is 0 Å². The number of hydrogen-bond donors (Lipinski definition) is 2. The lowest BCUT2D eigenvalue weighted by Crippen LogP contribution is -2.56. The maximum Gasteiger partial charge on any atom is 0.307 e. The molecule has 0 aromatic rings. The van der Waals surface area contributed by atoms with Crippen LogP contribution >= 0.6 is 0 Å². The number of ether oxygens (including phenoxy) is 1. The third kappa shape index (κ3) is 2.44. The molecule has 4 aliphatic carbocycles. The number of fused-ring (bicyclic) bond motifs is 5. The van der Waals surface area contributed by atoms with Gasteiger partial charge in [-0.25, -0.2) is 0 Å². The molecule has 4 heteroatoms. The Morgan fingerprint density at radius 1 is 1.28 bits per heavy atom. The highest BCUT2D eigenvalue weighted by atomic mass is 16.5. The third-order valence-corrected chi connectivity index (χ3v) is 7.89. The van der Waals surface area contributed by atoms with Gasteiger partial charge in [0, 0.05) is 13.3 Å². The van der Waals surface area contributed by atoms with Crippen LogP contribution in [-0.2, 0) is 9.53 Å². The Bertz CT molecular complexity index is 650. The summed E-state index contributed by atoms with van der Waals surface area (Å²) in [4.78, 5) is 11.3. The van der Waals surface area contributed by atoms with Crippen molar-refractivity contribution in [1.82, 2.24) is 0 Å². The van der Waals surface area contributed by atoms with Gasteiger partial charge in [0.05, 0.1) is 12.2 Å². The Labute approximate surface area is 149 Å². The summed E-state index contributed by atoms with van der Waals surface area (Å²) in [6.45, 7) is 5.89. The van der Waals surface area contributed by atoms with Crippen LogP contribution in [0.25, 0.3) is 0 Å². The zero-order valence-electron chi connectivity index (χ0n) is 15.5. The first kappa shape index (κ1) is 17.3. The minimum absolute atomic E-state index is 0.0686. The highest BCUT2D eigenvalue weighted by Gasteiger charge is 2.61. The Hall–Kier alpha value is -1.13. The second kappa shape index (κ2) is 5.68. The molecule has 138 valence electrons. The van der Waals surface area contributed by atoms with Crippen LogP contribution in [0.4, 0.5) is 0 Å². The van der Waals surface area contributed by atoms with Crippen LogP contribution in [0.2, 0.25) is 0 Å². The summed E-state index contributed by atoms with van der Waals surface area (Å²) in [7, 11) is 0. The van der Waals surface area contributed by atoms with Crippen LogP contribution in [-0.4, -0.2) is 28.4 Å². The molecule has 0 spiro atoms. The zero-order valence-corrected chi connectivity index (χ0v) is 15.5. The first-order valence-corrected chi connectivity index (χ1v) is 9.71. The molecule has 0 radical (unpaired) electrons. The summed E-state index contributed by atoms with van der Waals surface area (Å²) in [6.07, 6.45) is 8.89. The van der Waals surface area contributed by atoms with E-state index in [1.54, 1.807) is 0 Å². The SMILES string of the molecule is CC(=O)OC1=CC2=CCC3C([C@H](O)CC4(C)C3CC[C@H]4O)C2(C)CC1. The van der Waals surface area contributed by atoms with E-state index in [4.69, 9.17) is 4.74 Å². The van der Waals surface area contributed by atoms with Gasteiger partial charge in [0.2, 0.25) is 0 Å². The number of hydrogen-bond acceptors (Lipinski definition) is 4. The molecular weight excluding hydrogens is 316 g/mol. The first-order valence-electron chi connectivity index (χ1n) is 9.71. The average molecular weight is 346 g/mol. The zero-order chi connectivity index (χ0) is 18.0. The number of carbonyl (C=O) groups excluding carboxylic acids is 1. The molecule has 0 heterocycles. The van der Waals surface area contributed by atoms with Crippen LogP contribution in [0.3, 0.4) is 0 Å². The van der Waals surface area contributed by atoms with E-state index in [1.165, 1.54) is 12.5 Å². The maximum absolute atomic E-state index is 11.3. The first-order chi connectivity index (χ1) is 11.8. The van der Waals surface area contributed by atoms with Gasteiger partial charge in [-0.05, 0) is 72.3 Å². The van der Waals surface area contributed by atoms with Crippen LogP contribution in [0.1, 0.15) is 59.3 Å². The lowest BCUT2D eigenvalue weighted by molar-refractivity contribution is -0.139. The molecule has 2 fully saturated rings. The van der Waals surface area contributed by atoms with Crippen molar-refractivity contribution in [3.63, 3.8) is 0 Å². The van der Waals surface area contributed by atoms with E-state index < -0.39 is 0 Å². The van der Waals surface area contributed by atoms with Gasteiger partial charge in [-0.15, -0.1) is 0 Å². The molecule has 25 heavy (non-hydrogen) atoms. The number of esters is 1. The quantitative estimate of drug-likeness (QED) is 0.715. The molecule has 0 aromatic heterocycles. The Kier molecular flexibility index (Phi) is 3.93. The van der Waals surface area contributed by atoms with Gasteiger partial charge in [-0.3, -0.25) is 4.79 Å². The normalized spacial score (nSPS) is 48.6. The van der Waals surface area contributed by atoms with E-state index in [2.05, 4.69) is 19.9 Å². The van der Waals surface area contributed by atoms with Crippen molar-refractivity contribution in [2.24, 2.45) is 28.6 Å². The largest absolute Gasteiger partial charge is 0.431 e. The topological polar surface area (TPSA) is 66.8 Å². The van der Waals surface area contributed by atoms with Gasteiger partial charge in [-0.2, -0.15) is 0 Å². The molecular formula is C21H30O4. The van der Waals surface area contributed by atoms with E-state index in [0.29, 0.717) is 18.3 Å². The van der Waals surface area contributed by atoms with Crippen LogP contribution in [0.15, 0.2) is 23.5 Å². The molecule has 7 atom stereocenters.